The molecule has 2 aromatic carbocycles. The highest BCUT2D eigenvalue weighted by Gasteiger charge is 2.30. The van der Waals surface area contributed by atoms with E-state index in [2.05, 4.69) is 0 Å². The van der Waals surface area contributed by atoms with Crippen molar-refractivity contribution in [3.63, 3.8) is 0 Å². The molecule has 5 nitrogen and oxygen atoms in total. The van der Waals surface area contributed by atoms with Crippen LogP contribution in [-0.4, -0.2) is 32.8 Å². The summed E-state index contributed by atoms with van der Waals surface area (Å²) in [4.78, 5) is 11.9. The Balaban J connectivity index is 1.77. The van der Waals surface area contributed by atoms with Crippen LogP contribution in [0, 0.1) is 0 Å². The summed E-state index contributed by atoms with van der Waals surface area (Å²) >= 11 is 0. The molecule has 0 fully saturated rings. The first kappa shape index (κ1) is 17.0. The second-order valence-electron chi connectivity index (χ2n) is 5.67. The van der Waals surface area contributed by atoms with Crippen molar-refractivity contribution in [1.82, 2.24) is 0 Å². The molecule has 3 rings (SSSR count). The van der Waals surface area contributed by atoms with E-state index in [1.54, 1.807) is 0 Å². The molecule has 7 heteroatoms. The maximum atomic E-state index is 11.9. The molecule has 126 valence electrons. The van der Waals surface area contributed by atoms with Gasteiger partial charge in [-0.3, -0.25) is 4.79 Å². The van der Waals surface area contributed by atoms with Gasteiger partial charge in [-0.15, -0.1) is 0 Å². The molecule has 1 atom stereocenters. The average Bonchev–Trinajstić information content (AvgIpc) is 2.85. The Morgan fingerprint density at radius 2 is 1.58 bits per heavy atom. The first-order valence-electron chi connectivity index (χ1n) is 7.39. The van der Waals surface area contributed by atoms with Gasteiger partial charge in [-0.2, -0.15) is 0 Å². The summed E-state index contributed by atoms with van der Waals surface area (Å²) in [6.07, 6.45) is 0. The molecule has 0 aliphatic heterocycles. The van der Waals surface area contributed by atoms with Crippen molar-refractivity contribution in [2.24, 2.45) is 5.73 Å². The molecule has 0 aromatic heterocycles. The zero-order valence-corrected chi connectivity index (χ0v) is 14.3. The maximum Gasteiger partial charge on any atom is 0.324 e. The summed E-state index contributed by atoms with van der Waals surface area (Å²) in [5.41, 5.74) is 9.91. The number of benzene rings is 2. The molecule has 24 heavy (non-hydrogen) atoms. The molecule has 0 heterocycles. The number of rotatable bonds is 5. The monoisotopic (exact) mass is 365 g/mol. The van der Waals surface area contributed by atoms with Crippen LogP contribution >= 0.6 is 10.7 Å². The molecule has 0 amide bonds. The van der Waals surface area contributed by atoms with E-state index in [1.807, 2.05) is 48.5 Å². The van der Waals surface area contributed by atoms with Gasteiger partial charge in [0.25, 0.3) is 0 Å². The normalized spacial score (nSPS) is 14.8. The van der Waals surface area contributed by atoms with Gasteiger partial charge in [0.05, 0.1) is 5.75 Å². The van der Waals surface area contributed by atoms with E-state index in [0.29, 0.717) is 0 Å². The van der Waals surface area contributed by atoms with Gasteiger partial charge >= 0.3 is 5.97 Å². The summed E-state index contributed by atoms with van der Waals surface area (Å²) < 4.78 is 27.3. The van der Waals surface area contributed by atoms with E-state index >= 15 is 0 Å². The fourth-order valence-corrected chi connectivity index (χ4v) is 3.97. The van der Waals surface area contributed by atoms with Crippen molar-refractivity contribution in [3.8, 4) is 11.1 Å². The predicted molar refractivity (Wildman–Crippen MR) is 92.3 cm³/mol. The zero-order chi connectivity index (χ0) is 17.3. The number of ether oxygens (including phenoxy) is 1. The van der Waals surface area contributed by atoms with E-state index in [-0.39, 0.29) is 12.5 Å². The lowest BCUT2D eigenvalue weighted by Crippen LogP contribution is -2.38. The number of fused-ring (bicyclic) bond motifs is 3. The first-order valence-corrected chi connectivity index (χ1v) is 9.87. The number of carbonyl (C=O) groups is 1. The van der Waals surface area contributed by atoms with Gasteiger partial charge in [-0.05, 0) is 22.3 Å². The van der Waals surface area contributed by atoms with Crippen LogP contribution in [0.2, 0.25) is 0 Å². The van der Waals surface area contributed by atoms with Gasteiger partial charge in [0.2, 0.25) is 9.05 Å². The van der Waals surface area contributed by atoms with Crippen molar-refractivity contribution in [3.05, 3.63) is 59.7 Å². The fraction of sp³-hybridized carbons (Fsp3) is 0.235. The summed E-state index contributed by atoms with van der Waals surface area (Å²) in [7, 11) is 1.26. The number of halogens is 1. The lowest BCUT2D eigenvalue weighted by atomic mass is 9.98. The largest absolute Gasteiger partial charge is 0.463 e. The second-order valence-corrected chi connectivity index (χ2v) is 8.49. The molecule has 0 spiro atoms. The van der Waals surface area contributed by atoms with E-state index in [9.17, 15) is 13.2 Å². The van der Waals surface area contributed by atoms with Crippen molar-refractivity contribution >= 4 is 25.7 Å². The summed E-state index contributed by atoms with van der Waals surface area (Å²) in [6, 6.07) is 14.6. The SMILES string of the molecule is N[C@@H](CS(=O)(=O)Cl)C(=O)OCC1c2ccccc2-c2ccccc21. The lowest BCUT2D eigenvalue weighted by molar-refractivity contribution is -0.144. The van der Waals surface area contributed by atoms with Crippen LogP contribution in [0.25, 0.3) is 11.1 Å². The molecule has 0 saturated heterocycles. The van der Waals surface area contributed by atoms with Crippen LogP contribution < -0.4 is 5.73 Å². The minimum Gasteiger partial charge on any atom is -0.463 e. The summed E-state index contributed by atoms with van der Waals surface area (Å²) in [6.45, 7) is 0.100. The Labute approximate surface area is 144 Å². The fourth-order valence-electron chi connectivity index (χ4n) is 2.99. The Morgan fingerprint density at radius 1 is 1.08 bits per heavy atom. The Kier molecular flexibility index (Phi) is 4.62. The minimum atomic E-state index is -3.86. The van der Waals surface area contributed by atoms with Crippen molar-refractivity contribution < 1.29 is 17.9 Å². The molecule has 1 aliphatic rings. The third-order valence-electron chi connectivity index (χ3n) is 4.04. The molecule has 2 N–H and O–H groups in total. The highest BCUT2D eigenvalue weighted by Crippen LogP contribution is 2.44. The van der Waals surface area contributed by atoms with Gasteiger partial charge in [0.15, 0.2) is 0 Å². The van der Waals surface area contributed by atoms with Crippen LogP contribution in [-0.2, 0) is 18.6 Å². The molecule has 1 aliphatic carbocycles. The van der Waals surface area contributed by atoms with Gasteiger partial charge < -0.3 is 10.5 Å². The number of nitrogens with two attached hydrogens (primary N) is 1. The van der Waals surface area contributed by atoms with E-state index < -0.39 is 26.8 Å². The van der Waals surface area contributed by atoms with E-state index in [1.165, 1.54) is 0 Å². The van der Waals surface area contributed by atoms with Crippen LogP contribution in [0.15, 0.2) is 48.5 Å². The Hall–Kier alpha value is -1.89. The summed E-state index contributed by atoms with van der Waals surface area (Å²) in [5.74, 6) is -1.52. The van der Waals surface area contributed by atoms with Crippen molar-refractivity contribution in [2.75, 3.05) is 12.4 Å². The van der Waals surface area contributed by atoms with Gasteiger partial charge in [0.1, 0.15) is 12.6 Å². The highest BCUT2D eigenvalue weighted by molar-refractivity contribution is 8.13. The molecule has 0 unspecified atom stereocenters. The maximum absolute atomic E-state index is 11.9. The second kappa shape index (κ2) is 6.55. The summed E-state index contributed by atoms with van der Waals surface area (Å²) in [5, 5.41) is 0. The number of carbonyl (C=O) groups excluding carboxylic acids is 1. The van der Waals surface area contributed by atoms with Gasteiger partial charge in [-0.1, -0.05) is 48.5 Å². The number of hydrogen-bond donors (Lipinski definition) is 1. The minimum absolute atomic E-state index is 0.0961. The topological polar surface area (TPSA) is 86.5 Å². The van der Waals surface area contributed by atoms with E-state index in [4.69, 9.17) is 21.2 Å². The Morgan fingerprint density at radius 3 is 2.08 bits per heavy atom. The van der Waals surface area contributed by atoms with Crippen LogP contribution in [0.3, 0.4) is 0 Å². The number of esters is 1. The van der Waals surface area contributed by atoms with Crippen molar-refractivity contribution in [1.29, 1.82) is 0 Å². The molecule has 0 bridgehead atoms. The molecule has 0 saturated carbocycles. The molecular weight excluding hydrogens is 350 g/mol. The smallest absolute Gasteiger partial charge is 0.324 e. The van der Waals surface area contributed by atoms with Gasteiger partial charge in [-0.25, -0.2) is 8.42 Å². The van der Waals surface area contributed by atoms with Crippen LogP contribution in [0.1, 0.15) is 17.0 Å². The molecule has 0 radical (unpaired) electrons. The van der Waals surface area contributed by atoms with E-state index in [0.717, 1.165) is 22.3 Å². The molecule has 2 aromatic rings. The highest BCUT2D eigenvalue weighted by atomic mass is 35.7. The first-order chi connectivity index (χ1) is 11.4. The average molecular weight is 366 g/mol. The number of hydrogen-bond acceptors (Lipinski definition) is 5. The Bertz CT molecular complexity index is 836. The van der Waals surface area contributed by atoms with Crippen LogP contribution in [0.5, 0.6) is 0 Å². The standard InChI is InChI=1S/C17H16ClNO4S/c18-24(21,22)10-16(19)17(20)23-9-15-13-7-3-1-5-11(13)12-6-2-4-8-14(12)15/h1-8,15-16H,9-10,19H2/t16-/m0/s1. The zero-order valence-electron chi connectivity index (χ0n) is 12.7. The predicted octanol–water partition coefficient (Wildman–Crippen LogP) is 2.24. The lowest BCUT2D eigenvalue weighted by Gasteiger charge is -2.16. The van der Waals surface area contributed by atoms with Gasteiger partial charge in [0, 0.05) is 16.6 Å². The third-order valence-corrected chi connectivity index (χ3v) is 5.17. The third kappa shape index (κ3) is 3.45. The molecular formula is C17H16ClNO4S. The quantitative estimate of drug-likeness (QED) is 0.648. The van der Waals surface area contributed by atoms with Crippen LogP contribution in [0.4, 0.5) is 0 Å². The van der Waals surface area contributed by atoms with Crippen molar-refractivity contribution in [2.45, 2.75) is 12.0 Å².